The molecule has 0 amide bonds. The molecule has 0 aliphatic carbocycles. The van der Waals surface area contributed by atoms with Crippen LogP contribution in [0.2, 0.25) is 20.1 Å². The summed E-state index contributed by atoms with van der Waals surface area (Å²) in [5.74, 6) is 0. The summed E-state index contributed by atoms with van der Waals surface area (Å²) in [7, 11) is 0. The minimum atomic E-state index is -5.28. The molecule has 0 atom stereocenters. The van der Waals surface area contributed by atoms with Crippen LogP contribution in [-0.2, 0) is 17.1 Å². The van der Waals surface area contributed by atoms with E-state index in [0.29, 0.717) is 0 Å². The molecule has 0 aromatic heterocycles. The average molecular weight is 605 g/mol. The molecule has 0 spiro atoms. The third-order valence-corrected chi connectivity index (χ3v) is 4.41. The zero-order valence-electron chi connectivity index (χ0n) is 15.3. The number of benzene rings is 2. The molecule has 0 aliphatic heterocycles. The Hall–Kier alpha value is -1.69. The van der Waals surface area contributed by atoms with Crippen LogP contribution in [0.4, 0.5) is 37.7 Å². The average Bonchev–Trinajstić information content (AvgIpc) is 2.64. The van der Waals surface area contributed by atoms with Crippen molar-refractivity contribution in [2.24, 2.45) is 10.3 Å². The van der Waals surface area contributed by atoms with Crippen LogP contribution in [0.25, 0.3) is 5.32 Å². The number of hydrogen-bond acceptors (Lipinski definition) is 4. The van der Waals surface area contributed by atoms with Gasteiger partial charge in [0.25, 0.3) is 0 Å². The number of para-hydroxylation sites is 2. The molecule has 183 valence electrons. The summed E-state index contributed by atoms with van der Waals surface area (Å²) in [6.45, 7) is 0. The SMILES string of the molecule is FC(F)(F)C(/C=C(\[N-]c1c(Cl)cccc1Cl)C(F)(F)F)=Nc1c(Cl)cccc1Cl.O=N[O-].[Cu+2]. The van der Waals surface area contributed by atoms with Crippen LogP contribution >= 0.6 is 46.4 Å². The fraction of sp³-hybridized carbons (Fsp3) is 0.118. The molecule has 1 radical (unpaired) electrons. The second kappa shape index (κ2) is 13.3. The number of alkyl halides is 6. The van der Waals surface area contributed by atoms with Gasteiger partial charge in [-0.25, -0.2) is 4.99 Å². The molecule has 16 heteroatoms. The van der Waals surface area contributed by atoms with E-state index < -0.39 is 35.1 Å². The normalized spacial score (nSPS) is 12.3. The largest absolute Gasteiger partial charge is 2.00 e. The van der Waals surface area contributed by atoms with E-state index in [-0.39, 0.29) is 43.2 Å². The molecule has 0 fully saturated rings. The van der Waals surface area contributed by atoms with Crippen LogP contribution in [0.15, 0.2) is 58.5 Å². The van der Waals surface area contributed by atoms with Gasteiger partial charge < -0.3 is 15.4 Å². The van der Waals surface area contributed by atoms with Crippen molar-refractivity contribution in [3.05, 3.63) is 83.7 Å². The minimum absolute atomic E-state index is 0. The van der Waals surface area contributed by atoms with Gasteiger partial charge in [-0.05, 0) is 30.3 Å². The first-order chi connectivity index (χ1) is 14.7. The van der Waals surface area contributed by atoms with E-state index >= 15 is 0 Å². The van der Waals surface area contributed by atoms with E-state index in [1.54, 1.807) is 0 Å². The van der Waals surface area contributed by atoms with Crippen LogP contribution in [0, 0.1) is 10.1 Å². The Kier molecular flexibility index (Phi) is 12.6. The molecule has 0 saturated heterocycles. The number of halogens is 10. The summed E-state index contributed by atoms with van der Waals surface area (Å²) < 4.78 is 80.4. The number of nitrogens with zero attached hydrogens (tertiary/aromatic N) is 3. The van der Waals surface area contributed by atoms with Crippen LogP contribution in [0.1, 0.15) is 0 Å². The van der Waals surface area contributed by atoms with Crippen molar-refractivity contribution in [2.45, 2.75) is 12.4 Å². The summed E-state index contributed by atoms with van der Waals surface area (Å²) in [4.78, 5) is 11.2. The number of aliphatic imine (C=N–C) groups is 1. The molecule has 0 aliphatic rings. The van der Waals surface area contributed by atoms with Gasteiger partial charge in [-0.15, -0.1) is 5.34 Å². The van der Waals surface area contributed by atoms with Gasteiger partial charge in [-0.3, -0.25) is 0 Å². The molecule has 0 bridgehead atoms. The molecule has 2 aromatic carbocycles. The van der Waals surface area contributed by atoms with Crippen LogP contribution in [-0.4, -0.2) is 18.1 Å². The van der Waals surface area contributed by atoms with Gasteiger partial charge >= 0.3 is 29.4 Å². The van der Waals surface area contributed by atoms with E-state index in [4.69, 9.17) is 56.5 Å². The number of hydrogen-bond donors (Lipinski definition) is 0. The van der Waals surface area contributed by atoms with Gasteiger partial charge in [0, 0.05) is 10.0 Å². The fourth-order valence-electron chi connectivity index (χ4n) is 1.92. The topological polar surface area (TPSA) is 79.0 Å². The third kappa shape index (κ3) is 9.60. The van der Waals surface area contributed by atoms with Gasteiger partial charge in [0.15, 0.2) is 0 Å². The Labute approximate surface area is 212 Å². The molecule has 5 nitrogen and oxygen atoms in total. The van der Waals surface area contributed by atoms with E-state index in [1.807, 2.05) is 0 Å². The second-order valence-corrected chi connectivity index (χ2v) is 6.98. The zero-order valence-corrected chi connectivity index (χ0v) is 19.2. The van der Waals surface area contributed by atoms with Crippen molar-refractivity contribution >= 4 is 63.5 Å². The van der Waals surface area contributed by atoms with Crippen molar-refractivity contribution in [3.63, 3.8) is 0 Å². The first-order valence-corrected chi connectivity index (χ1v) is 9.23. The van der Waals surface area contributed by atoms with Crippen molar-refractivity contribution in [2.75, 3.05) is 0 Å². The summed E-state index contributed by atoms with van der Waals surface area (Å²) in [6, 6.07) is 7.40. The van der Waals surface area contributed by atoms with Gasteiger partial charge in [0.05, 0.1) is 10.0 Å². The molecule has 0 saturated carbocycles. The maximum atomic E-state index is 13.4. The summed E-state index contributed by atoms with van der Waals surface area (Å²) in [5.41, 5.74) is -4.94. The maximum Gasteiger partial charge on any atom is 2.00 e. The van der Waals surface area contributed by atoms with Crippen molar-refractivity contribution in [3.8, 4) is 0 Å². The van der Waals surface area contributed by atoms with Crippen LogP contribution < -0.4 is 0 Å². The molecule has 2 aromatic rings. The Balaban J connectivity index is 0.00000242. The monoisotopic (exact) mass is 602 g/mol. The molecular formula is C17H7Cl4CuF6N3O2. The summed E-state index contributed by atoms with van der Waals surface area (Å²) in [6.07, 6.45) is -10.8. The smallest absolute Gasteiger partial charge is 0.652 e. The predicted molar refractivity (Wildman–Crippen MR) is 112 cm³/mol. The Morgan fingerprint density at radius 2 is 1.24 bits per heavy atom. The predicted octanol–water partition coefficient (Wildman–Crippen LogP) is 9.33. The molecule has 2 rings (SSSR count). The van der Waals surface area contributed by atoms with Gasteiger partial charge in [0.2, 0.25) is 0 Å². The summed E-state index contributed by atoms with van der Waals surface area (Å²) in [5, 5.41) is 11.1. The molecule has 0 N–H and O–H groups in total. The van der Waals surface area contributed by atoms with Gasteiger partial charge in [0.1, 0.15) is 11.4 Å². The van der Waals surface area contributed by atoms with E-state index in [2.05, 4.69) is 10.3 Å². The van der Waals surface area contributed by atoms with Crippen molar-refractivity contribution in [1.82, 2.24) is 0 Å². The van der Waals surface area contributed by atoms with E-state index in [1.165, 1.54) is 36.4 Å². The standard InChI is InChI=1S/C17H7Cl4F6N2.Cu.HNO2/c18-8-3-1-4-9(19)14(8)28-12(16(22,23)24)7-13(17(25,26)27)29-15-10(20)5-2-6-11(15)21;;2-1-3/h1-7H;;(H,2,3)/q-1;+2;/p-1/b12-7-,29-13?;;. The Morgan fingerprint density at radius 3 is 1.61 bits per heavy atom. The maximum absolute atomic E-state index is 13.4. The Morgan fingerprint density at radius 1 is 0.848 bits per heavy atom. The Bertz CT molecular complexity index is 992. The zero-order chi connectivity index (χ0) is 24.7. The third-order valence-electron chi connectivity index (χ3n) is 3.19. The van der Waals surface area contributed by atoms with Crippen molar-refractivity contribution in [1.29, 1.82) is 0 Å². The first-order valence-electron chi connectivity index (χ1n) is 7.71. The first kappa shape index (κ1) is 31.3. The van der Waals surface area contributed by atoms with Crippen LogP contribution in [0.5, 0.6) is 0 Å². The molecular weight excluding hydrogens is 598 g/mol. The van der Waals surface area contributed by atoms with Gasteiger partial charge in [-0.1, -0.05) is 69.9 Å². The quantitative estimate of drug-likeness (QED) is 0.115. The number of rotatable bonds is 4. The fourth-order valence-corrected chi connectivity index (χ4v) is 2.88. The van der Waals surface area contributed by atoms with E-state index in [0.717, 1.165) is 5.34 Å². The second-order valence-electron chi connectivity index (χ2n) is 5.35. The minimum Gasteiger partial charge on any atom is -0.652 e. The van der Waals surface area contributed by atoms with E-state index in [9.17, 15) is 26.3 Å². The molecule has 0 unspecified atom stereocenters. The number of allylic oxidation sites excluding steroid dienone is 2. The molecule has 0 heterocycles. The van der Waals surface area contributed by atoms with Gasteiger partial charge in [-0.2, -0.15) is 26.3 Å². The summed E-state index contributed by atoms with van der Waals surface area (Å²) >= 11 is 23.0. The van der Waals surface area contributed by atoms with Crippen LogP contribution in [0.3, 0.4) is 0 Å². The van der Waals surface area contributed by atoms with Crippen molar-refractivity contribution < 1.29 is 43.4 Å². The molecule has 33 heavy (non-hydrogen) atoms.